The van der Waals surface area contributed by atoms with Crippen molar-refractivity contribution in [3.63, 3.8) is 0 Å². The van der Waals surface area contributed by atoms with Crippen LogP contribution in [0, 0.1) is 0 Å². The van der Waals surface area contributed by atoms with Gasteiger partial charge in [-0.15, -0.1) is 0 Å². The van der Waals surface area contributed by atoms with Gasteiger partial charge < -0.3 is 0 Å². The molecule has 0 saturated heterocycles. The van der Waals surface area contributed by atoms with Crippen LogP contribution in [0.4, 0.5) is 0 Å². The minimum Gasteiger partial charge on any atom is -0.0871 e. The summed E-state index contributed by atoms with van der Waals surface area (Å²) in [7, 11) is 0. The van der Waals surface area contributed by atoms with Gasteiger partial charge in [0, 0.05) is 5.41 Å². The van der Waals surface area contributed by atoms with Crippen LogP contribution >= 0.6 is 0 Å². The maximum Gasteiger partial charge on any atom is 0.0215 e. The molecule has 126 valence electrons. The highest BCUT2D eigenvalue weighted by molar-refractivity contribution is 5.82. The van der Waals surface area contributed by atoms with E-state index in [1.807, 2.05) is 0 Å². The lowest BCUT2D eigenvalue weighted by atomic mass is 9.70. The summed E-state index contributed by atoms with van der Waals surface area (Å²) < 4.78 is 0. The lowest BCUT2D eigenvalue weighted by Gasteiger charge is -2.32. The third-order valence-electron chi connectivity index (χ3n) is 5.57. The Bertz CT molecular complexity index is 713. The molecule has 2 aromatic carbocycles. The number of hydrogen-bond acceptors (Lipinski definition) is 0. The SMILES string of the molecule is C/C=C/c1ccc2c(c1)C(CCCC)(CCCC)c1ccccc1-2. The van der Waals surface area contributed by atoms with Crippen LogP contribution in [0.1, 0.15) is 76.0 Å². The first-order chi connectivity index (χ1) is 11.8. The van der Waals surface area contributed by atoms with Gasteiger partial charge in [-0.05, 0) is 47.6 Å². The van der Waals surface area contributed by atoms with E-state index in [9.17, 15) is 0 Å². The highest BCUT2D eigenvalue weighted by atomic mass is 14.4. The van der Waals surface area contributed by atoms with Crippen LogP contribution in [0.2, 0.25) is 0 Å². The first-order valence-corrected chi connectivity index (χ1v) is 9.64. The van der Waals surface area contributed by atoms with E-state index < -0.39 is 0 Å². The average molecular weight is 319 g/mol. The Morgan fingerprint density at radius 2 is 1.50 bits per heavy atom. The van der Waals surface area contributed by atoms with Gasteiger partial charge in [0.1, 0.15) is 0 Å². The summed E-state index contributed by atoms with van der Waals surface area (Å²) in [4.78, 5) is 0. The molecular formula is C24H30. The molecule has 1 aliphatic carbocycles. The van der Waals surface area contributed by atoms with Gasteiger partial charge in [-0.3, -0.25) is 0 Å². The first-order valence-electron chi connectivity index (χ1n) is 9.64. The second kappa shape index (κ2) is 7.38. The molecular weight excluding hydrogens is 288 g/mol. The van der Waals surface area contributed by atoms with Crippen molar-refractivity contribution in [1.29, 1.82) is 0 Å². The maximum absolute atomic E-state index is 2.46. The predicted octanol–water partition coefficient (Wildman–Crippen LogP) is 7.37. The molecule has 0 atom stereocenters. The zero-order valence-electron chi connectivity index (χ0n) is 15.4. The molecule has 0 spiro atoms. The van der Waals surface area contributed by atoms with E-state index >= 15 is 0 Å². The van der Waals surface area contributed by atoms with Crippen LogP contribution in [0.25, 0.3) is 17.2 Å². The Labute approximate surface area is 147 Å². The summed E-state index contributed by atoms with van der Waals surface area (Å²) in [5, 5.41) is 0. The molecule has 2 aromatic rings. The van der Waals surface area contributed by atoms with Crippen molar-refractivity contribution in [3.8, 4) is 11.1 Å². The summed E-state index contributed by atoms with van der Waals surface area (Å²) in [6, 6.07) is 16.2. The standard InChI is InChI=1S/C24H30/c1-4-7-16-24(17-8-5-2)22-13-10-9-12-20(22)21-15-14-19(11-6-3)18-23(21)24/h6,9-15,18H,4-5,7-8,16-17H2,1-3H3/b11-6+. The molecule has 0 aromatic heterocycles. The molecule has 0 N–H and O–H groups in total. The molecule has 0 heterocycles. The Kier molecular flexibility index (Phi) is 5.23. The third kappa shape index (κ3) is 2.83. The van der Waals surface area contributed by atoms with Gasteiger partial charge in [0.25, 0.3) is 0 Å². The monoisotopic (exact) mass is 318 g/mol. The maximum atomic E-state index is 2.46. The minimum atomic E-state index is 0.218. The van der Waals surface area contributed by atoms with Crippen LogP contribution < -0.4 is 0 Å². The van der Waals surface area contributed by atoms with Gasteiger partial charge in [-0.2, -0.15) is 0 Å². The largest absolute Gasteiger partial charge is 0.0871 e. The van der Waals surface area contributed by atoms with Crippen LogP contribution in [0.15, 0.2) is 48.5 Å². The van der Waals surface area contributed by atoms with E-state index in [0.717, 1.165) is 0 Å². The molecule has 0 unspecified atom stereocenters. The lowest BCUT2D eigenvalue weighted by molar-refractivity contribution is 0.414. The van der Waals surface area contributed by atoms with Crippen molar-refractivity contribution in [3.05, 3.63) is 65.2 Å². The predicted molar refractivity (Wildman–Crippen MR) is 106 cm³/mol. The highest BCUT2D eigenvalue weighted by Gasteiger charge is 2.41. The molecule has 0 fully saturated rings. The Hall–Kier alpha value is -1.82. The van der Waals surface area contributed by atoms with Crippen molar-refractivity contribution < 1.29 is 0 Å². The number of unbranched alkanes of at least 4 members (excludes halogenated alkanes) is 2. The van der Waals surface area contributed by atoms with Gasteiger partial charge in [-0.1, -0.05) is 94.1 Å². The molecule has 24 heavy (non-hydrogen) atoms. The van der Waals surface area contributed by atoms with E-state index in [1.54, 1.807) is 11.1 Å². The van der Waals surface area contributed by atoms with E-state index in [1.165, 1.54) is 55.2 Å². The third-order valence-corrected chi connectivity index (χ3v) is 5.57. The number of benzene rings is 2. The summed E-state index contributed by atoms with van der Waals surface area (Å²) in [6.07, 6.45) is 12.0. The molecule has 0 bridgehead atoms. The minimum absolute atomic E-state index is 0.218. The van der Waals surface area contributed by atoms with Crippen LogP contribution in [-0.2, 0) is 5.41 Å². The second-order valence-corrected chi connectivity index (χ2v) is 7.14. The molecule has 0 heteroatoms. The zero-order valence-corrected chi connectivity index (χ0v) is 15.4. The summed E-state index contributed by atoms with van der Waals surface area (Å²) in [5.74, 6) is 0. The summed E-state index contributed by atoms with van der Waals surface area (Å²) >= 11 is 0. The fourth-order valence-corrected chi connectivity index (χ4v) is 4.39. The summed E-state index contributed by atoms with van der Waals surface area (Å²) in [5.41, 5.74) is 7.62. The van der Waals surface area contributed by atoms with Gasteiger partial charge in [-0.25, -0.2) is 0 Å². The van der Waals surface area contributed by atoms with Crippen molar-refractivity contribution in [2.45, 2.75) is 64.7 Å². The molecule has 0 nitrogen and oxygen atoms in total. The Morgan fingerprint density at radius 3 is 2.17 bits per heavy atom. The number of allylic oxidation sites excluding steroid dienone is 1. The molecule has 0 aliphatic heterocycles. The molecule has 3 rings (SSSR count). The topological polar surface area (TPSA) is 0 Å². The fourth-order valence-electron chi connectivity index (χ4n) is 4.39. The van der Waals surface area contributed by atoms with Crippen LogP contribution in [0.3, 0.4) is 0 Å². The van der Waals surface area contributed by atoms with Gasteiger partial charge >= 0.3 is 0 Å². The van der Waals surface area contributed by atoms with Gasteiger partial charge in [0.15, 0.2) is 0 Å². The molecule has 1 aliphatic rings. The van der Waals surface area contributed by atoms with E-state index in [0.29, 0.717) is 0 Å². The number of rotatable bonds is 7. The van der Waals surface area contributed by atoms with Crippen molar-refractivity contribution in [1.82, 2.24) is 0 Å². The van der Waals surface area contributed by atoms with Crippen LogP contribution in [-0.4, -0.2) is 0 Å². The van der Waals surface area contributed by atoms with Crippen molar-refractivity contribution >= 4 is 6.08 Å². The highest BCUT2D eigenvalue weighted by Crippen LogP contribution is 2.54. The van der Waals surface area contributed by atoms with Gasteiger partial charge in [0.2, 0.25) is 0 Å². The second-order valence-electron chi connectivity index (χ2n) is 7.14. The Morgan fingerprint density at radius 1 is 0.833 bits per heavy atom. The average Bonchev–Trinajstić information content (AvgIpc) is 2.89. The van der Waals surface area contributed by atoms with Crippen LogP contribution in [0.5, 0.6) is 0 Å². The summed E-state index contributed by atoms with van der Waals surface area (Å²) in [6.45, 7) is 6.72. The number of hydrogen-bond donors (Lipinski definition) is 0. The van der Waals surface area contributed by atoms with E-state index in [2.05, 4.69) is 75.4 Å². The number of fused-ring (bicyclic) bond motifs is 3. The first kappa shape index (κ1) is 17.0. The van der Waals surface area contributed by atoms with Crippen molar-refractivity contribution in [2.24, 2.45) is 0 Å². The molecule has 0 saturated carbocycles. The van der Waals surface area contributed by atoms with E-state index in [-0.39, 0.29) is 5.41 Å². The quantitative estimate of drug-likeness (QED) is 0.500. The van der Waals surface area contributed by atoms with Crippen molar-refractivity contribution in [2.75, 3.05) is 0 Å². The fraction of sp³-hybridized carbons (Fsp3) is 0.417. The Balaban J connectivity index is 2.20. The van der Waals surface area contributed by atoms with Gasteiger partial charge in [0.05, 0.1) is 0 Å². The lowest BCUT2D eigenvalue weighted by Crippen LogP contribution is -2.25. The smallest absolute Gasteiger partial charge is 0.0215 e. The van der Waals surface area contributed by atoms with E-state index in [4.69, 9.17) is 0 Å². The normalized spacial score (nSPS) is 14.8. The molecule has 0 radical (unpaired) electrons. The zero-order chi connectivity index (χ0) is 17.0. The molecule has 0 amide bonds.